The summed E-state index contributed by atoms with van der Waals surface area (Å²) in [5, 5.41) is 8.84. The summed E-state index contributed by atoms with van der Waals surface area (Å²) in [7, 11) is -0.761. The standard InChI is InChI=1S/C24H27ClN6OS/c25-20-3-1-2-4-21(20)30-24(27)19-13-28-31-14-16(15-7-9-33(32)10-8-15)11-22(31)23(19)29-18-6-5-17(26)12-18/h1-4,7,11,13-14,17-18,29H,5-6,8-10,12,26H2,(H2,27,30). The Morgan fingerprint density at radius 2 is 2.15 bits per heavy atom. The van der Waals surface area contributed by atoms with Crippen LogP contribution in [0.4, 0.5) is 11.4 Å². The van der Waals surface area contributed by atoms with Gasteiger partial charge in [-0.25, -0.2) is 9.51 Å². The molecule has 0 amide bonds. The van der Waals surface area contributed by atoms with Crippen LogP contribution in [-0.4, -0.2) is 43.2 Å². The summed E-state index contributed by atoms with van der Waals surface area (Å²) in [6, 6.07) is 9.94. The van der Waals surface area contributed by atoms with Crippen LogP contribution in [0.15, 0.2) is 53.8 Å². The molecule has 0 radical (unpaired) electrons. The third kappa shape index (κ3) is 4.69. The fourth-order valence-electron chi connectivity index (χ4n) is 4.53. The van der Waals surface area contributed by atoms with Gasteiger partial charge in [-0.05, 0) is 55.0 Å². The van der Waals surface area contributed by atoms with E-state index in [1.54, 1.807) is 12.3 Å². The number of rotatable bonds is 5. The van der Waals surface area contributed by atoms with Crippen molar-refractivity contribution in [1.82, 2.24) is 9.61 Å². The molecule has 1 saturated carbocycles. The molecule has 9 heteroatoms. The number of hydrogen-bond acceptors (Lipinski definition) is 5. The first-order valence-electron chi connectivity index (χ1n) is 11.1. The lowest BCUT2D eigenvalue weighted by Crippen LogP contribution is -2.24. The summed E-state index contributed by atoms with van der Waals surface area (Å²) in [5.74, 6) is 1.64. The molecule has 1 aliphatic carbocycles. The molecular formula is C24H27ClN6OS. The van der Waals surface area contributed by atoms with E-state index in [1.165, 1.54) is 5.57 Å². The Balaban J connectivity index is 1.59. The Bertz CT molecular complexity index is 1280. The number of fused-ring (bicyclic) bond motifs is 1. The molecular weight excluding hydrogens is 456 g/mol. The van der Waals surface area contributed by atoms with Gasteiger partial charge >= 0.3 is 0 Å². The molecule has 2 aromatic heterocycles. The zero-order chi connectivity index (χ0) is 22.9. The van der Waals surface area contributed by atoms with E-state index in [2.05, 4.69) is 27.6 Å². The van der Waals surface area contributed by atoms with Crippen molar-refractivity contribution in [2.75, 3.05) is 16.8 Å². The molecule has 5 N–H and O–H groups in total. The second-order valence-electron chi connectivity index (χ2n) is 8.64. The van der Waals surface area contributed by atoms with Crippen LogP contribution in [0.2, 0.25) is 5.02 Å². The first kappa shape index (κ1) is 22.1. The molecule has 3 atom stereocenters. The average Bonchev–Trinajstić information content (AvgIpc) is 3.42. The van der Waals surface area contributed by atoms with Crippen molar-refractivity contribution in [3.05, 3.63) is 65.0 Å². The number of anilines is 1. The Morgan fingerprint density at radius 1 is 1.30 bits per heavy atom. The summed E-state index contributed by atoms with van der Waals surface area (Å²) in [5.41, 5.74) is 18.1. The van der Waals surface area contributed by atoms with Gasteiger partial charge in [-0.1, -0.05) is 29.8 Å². The first-order chi connectivity index (χ1) is 16.0. The quantitative estimate of drug-likeness (QED) is 0.378. The molecule has 1 aliphatic heterocycles. The second kappa shape index (κ2) is 9.29. The molecule has 1 aromatic carbocycles. The SMILES string of the molecule is NC(=Nc1ccccc1Cl)c1cnn2cc(C3=CCS(=O)CC3)cc2c1NC1CCC(N)C1. The van der Waals surface area contributed by atoms with Gasteiger partial charge in [0.2, 0.25) is 0 Å². The fourth-order valence-corrected chi connectivity index (χ4v) is 5.71. The van der Waals surface area contributed by atoms with E-state index in [0.717, 1.165) is 48.0 Å². The minimum atomic E-state index is -0.761. The van der Waals surface area contributed by atoms with Crippen LogP contribution < -0.4 is 16.8 Å². The Labute approximate surface area is 200 Å². The number of nitrogens with zero attached hydrogens (tertiary/aromatic N) is 3. The van der Waals surface area contributed by atoms with Crippen molar-refractivity contribution in [3.8, 4) is 0 Å². The molecule has 3 aromatic rings. The predicted molar refractivity (Wildman–Crippen MR) is 137 cm³/mol. The van der Waals surface area contributed by atoms with Crippen molar-refractivity contribution < 1.29 is 4.21 Å². The smallest absolute Gasteiger partial charge is 0.135 e. The normalized spacial score (nSPS) is 23.6. The molecule has 2 aliphatic rings. The summed E-state index contributed by atoms with van der Waals surface area (Å²) >= 11 is 6.30. The molecule has 3 heterocycles. The molecule has 0 spiro atoms. The van der Waals surface area contributed by atoms with Gasteiger partial charge in [0.25, 0.3) is 0 Å². The molecule has 0 bridgehead atoms. The predicted octanol–water partition coefficient (Wildman–Crippen LogP) is 3.85. The molecule has 1 fully saturated rings. The summed E-state index contributed by atoms with van der Waals surface area (Å²) in [4.78, 5) is 4.59. The summed E-state index contributed by atoms with van der Waals surface area (Å²) < 4.78 is 13.6. The van der Waals surface area contributed by atoms with E-state index < -0.39 is 10.8 Å². The van der Waals surface area contributed by atoms with E-state index in [1.807, 2.05) is 28.9 Å². The Morgan fingerprint density at radius 3 is 2.88 bits per heavy atom. The second-order valence-corrected chi connectivity index (χ2v) is 10.7. The van der Waals surface area contributed by atoms with Crippen LogP contribution in [0.1, 0.15) is 36.8 Å². The summed E-state index contributed by atoms with van der Waals surface area (Å²) in [6.07, 6.45) is 9.54. The van der Waals surface area contributed by atoms with Gasteiger partial charge in [0, 0.05) is 40.6 Å². The topological polar surface area (TPSA) is 111 Å². The highest BCUT2D eigenvalue weighted by Gasteiger charge is 2.25. The zero-order valence-corrected chi connectivity index (χ0v) is 19.8. The highest BCUT2D eigenvalue weighted by molar-refractivity contribution is 7.85. The number of nitrogens with one attached hydrogen (secondary N) is 1. The van der Waals surface area contributed by atoms with Crippen molar-refractivity contribution in [1.29, 1.82) is 0 Å². The number of halogens is 1. The van der Waals surface area contributed by atoms with Crippen molar-refractivity contribution in [2.24, 2.45) is 16.5 Å². The highest BCUT2D eigenvalue weighted by atomic mass is 35.5. The lowest BCUT2D eigenvalue weighted by atomic mass is 10.1. The molecule has 33 heavy (non-hydrogen) atoms. The van der Waals surface area contributed by atoms with E-state index in [9.17, 15) is 4.21 Å². The Hall–Kier alpha value is -2.68. The van der Waals surface area contributed by atoms with E-state index in [4.69, 9.17) is 23.1 Å². The van der Waals surface area contributed by atoms with Gasteiger partial charge in [-0.15, -0.1) is 0 Å². The van der Waals surface area contributed by atoms with Crippen LogP contribution in [0, 0.1) is 0 Å². The maximum Gasteiger partial charge on any atom is 0.135 e. The van der Waals surface area contributed by atoms with Gasteiger partial charge in [0.05, 0.1) is 33.7 Å². The average molecular weight is 483 g/mol. The number of benzene rings is 1. The van der Waals surface area contributed by atoms with Gasteiger partial charge in [0.1, 0.15) is 5.84 Å². The first-order valence-corrected chi connectivity index (χ1v) is 13.0. The monoisotopic (exact) mass is 482 g/mol. The number of nitrogens with two attached hydrogens (primary N) is 2. The number of allylic oxidation sites excluding steroid dienone is 1. The van der Waals surface area contributed by atoms with E-state index in [0.29, 0.717) is 28.1 Å². The van der Waals surface area contributed by atoms with Gasteiger partial charge in [-0.3, -0.25) is 4.21 Å². The van der Waals surface area contributed by atoms with Crippen molar-refractivity contribution >= 4 is 50.7 Å². The lowest BCUT2D eigenvalue weighted by molar-refractivity contribution is 0.684. The molecule has 0 saturated heterocycles. The highest BCUT2D eigenvalue weighted by Crippen LogP contribution is 2.32. The minimum Gasteiger partial charge on any atom is -0.383 e. The van der Waals surface area contributed by atoms with Crippen molar-refractivity contribution in [2.45, 2.75) is 37.8 Å². The van der Waals surface area contributed by atoms with Gasteiger partial charge < -0.3 is 16.8 Å². The van der Waals surface area contributed by atoms with Crippen LogP contribution in [-0.2, 0) is 10.8 Å². The Kier molecular flexibility index (Phi) is 6.23. The minimum absolute atomic E-state index is 0.202. The maximum absolute atomic E-state index is 11.8. The van der Waals surface area contributed by atoms with E-state index in [-0.39, 0.29) is 12.1 Å². The number of aromatic nitrogens is 2. The molecule has 5 rings (SSSR count). The lowest BCUT2D eigenvalue weighted by Gasteiger charge is -2.18. The van der Waals surface area contributed by atoms with Crippen LogP contribution in [0.3, 0.4) is 0 Å². The molecule has 7 nitrogen and oxygen atoms in total. The van der Waals surface area contributed by atoms with Crippen LogP contribution in [0.5, 0.6) is 0 Å². The number of aliphatic imine (C=N–C) groups is 1. The molecule has 172 valence electrons. The zero-order valence-electron chi connectivity index (χ0n) is 18.2. The van der Waals surface area contributed by atoms with Crippen LogP contribution in [0.25, 0.3) is 11.1 Å². The number of amidine groups is 1. The van der Waals surface area contributed by atoms with Gasteiger partial charge in [-0.2, -0.15) is 5.10 Å². The summed E-state index contributed by atoms with van der Waals surface area (Å²) in [6.45, 7) is 0. The van der Waals surface area contributed by atoms with Gasteiger partial charge in [0.15, 0.2) is 0 Å². The van der Waals surface area contributed by atoms with Crippen molar-refractivity contribution in [3.63, 3.8) is 0 Å². The third-order valence-electron chi connectivity index (χ3n) is 6.31. The largest absolute Gasteiger partial charge is 0.383 e. The fraction of sp³-hybridized carbons (Fsp3) is 0.333. The molecule has 3 unspecified atom stereocenters. The maximum atomic E-state index is 11.8. The number of para-hydroxylation sites is 1. The number of hydrogen-bond donors (Lipinski definition) is 3. The van der Waals surface area contributed by atoms with Crippen LogP contribution >= 0.6 is 11.6 Å². The third-order valence-corrected chi connectivity index (χ3v) is 7.83. The van der Waals surface area contributed by atoms with E-state index >= 15 is 0 Å².